The highest BCUT2D eigenvalue weighted by Gasteiger charge is 2.61. The van der Waals surface area contributed by atoms with Crippen molar-refractivity contribution in [2.24, 2.45) is 0 Å². The van der Waals surface area contributed by atoms with Gasteiger partial charge in [-0.05, 0) is 19.3 Å². The summed E-state index contributed by atoms with van der Waals surface area (Å²) in [6, 6.07) is 0. The van der Waals surface area contributed by atoms with Crippen LogP contribution in [0.1, 0.15) is 103 Å². The molecule has 0 saturated carbocycles. The van der Waals surface area contributed by atoms with Crippen molar-refractivity contribution in [2.45, 2.75) is 133 Å². The van der Waals surface area contributed by atoms with Crippen LogP contribution in [0.25, 0.3) is 0 Å². The second-order valence-electron chi connectivity index (χ2n) is 9.94. The van der Waals surface area contributed by atoms with Crippen LogP contribution in [-0.2, 0) is 28.5 Å². The summed E-state index contributed by atoms with van der Waals surface area (Å²) in [5.74, 6) is -0.977. The van der Waals surface area contributed by atoms with Gasteiger partial charge in [-0.2, -0.15) is 0 Å². The Balaban J connectivity index is 1.12. The number of aliphatic hydroxyl groups is 1. The number of aliphatic hydroxyl groups excluding tert-OH is 1. The van der Waals surface area contributed by atoms with Gasteiger partial charge in [0.2, 0.25) is 5.79 Å². The maximum Gasteiger partial charge on any atom is 0.306 e. The van der Waals surface area contributed by atoms with E-state index in [1.54, 1.807) is 0 Å². The van der Waals surface area contributed by atoms with Crippen LogP contribution >= 0.6 is 0 Å². The molecule has 0 aliphatic carbocycles. The van der Waals surface area contributed by atoms with Crippen LogP contribution in [0, 0.1) is 0 Å². The molecule has 0 radical (unpaired) electrons. The first-order valence-corrected chi connectivity index (χ1v) is 13.5. The average Bonchev–Trinajstić information content (AvgIpc) is 3.53. The Labute approximate surface area is 199 Å². The predicted octanol–water partition coefficient (Wildman–Crippen LogP) is 4.67. The summed E-state index contributed by atoms with van der Waals surface area (Å²) in [5, 5.41) is 10.0. The van der Waals surface area contributed by atoms with Crippen molar-refractivity contribution < 1.29 is 33.6 Å². The predicted molar refractivity (Wildman–Crippen MR) is 125 cm³/mol. The smallest absolute Gasteiger partial charge is 0.306 e. The van der Waals surface area contributed by atoms with E-state index in [2.05, 4.69) is 6.92 Å². The summed E-state index contributed by atoms with van der Waals surface area (Å²) < 4.78 is 28.7. The molecule has 7 nitrogen and oxygen atoms in total. The molecule has 0 bridgehead atoms. The molecule has 1 N–H and O–H groups in total. The molecule has 3 fully saturated rings. The Hall–Kier alpha value is -0.730. The van der Waals surface area contributed by atoms with Crippen LogP contribution in [0.4, 0.5) is 0 Å². The average molecular weight is 471 g/mol. The molecular weight excluding hydrogens is 424 g/mol. The van der Waals surface area contributed by atoms with E-state index < -0.39 is 5.79 Å². The van der Waals surface area contributed by atoms with Crippen LogP contribution in [0.3, 0.4) is 0 Å². The number of rotatable bonds is 17. The maximum atomic E-state index is 12.2. The van der Waals surface area contributed by atoms with E-state index >= 15 is 0 Å². The van der Waals surface area contributed by atoms with Crippen LogP contribution in [0.2, 0.25) is 0 Å². The first-order chi connectivity index (χ1) is 16.1. The van der Waals surface area contributed by atoms with E-state index in [-0.39, 0.29) is 30.4 Å². The van der Waals surface area contributed by atoms with Crippen molar-refractivity contribution in [2.75, 3.05) is 26.4 Å². The molecule has 192 valence electrons. The zero-order chi connectivity index (χ0) is 23.4. The minimum absolute atomic E-state index is 0.103. The van der Waals surface area contributed by atoms with Crippen molar-refractivity contribution >= 4 is 5.97 Å². The highest BCUT2D eigenvalue weighted by atomic mass is 16.8. The Morgan fingerprint density at radius 2 is 1.52 bits per heavy atom. The van der Waals surface area contributed by atoms with E-state index in [9.17, 15) is 9.90 Å². The molecule has 0 amide bonds. The lowest BCUT2D eigenvalue weighted by atomic mass is 10.0. The fourth-order valence-corrected chi connectivity index (χ4v) is 5.16. The van der Waals surface area contributed by atoms with Gasteiger partial charge >= 0.3 is 5.97 Å². The minimum Gasteiger partial charge on any atom is -0.457 e. The van der Waals surface area contributed by atoms with Crippen LogP contribution < -0.4 is 0 Å². The van der Waals surface area contributed by atoms with Crippen LogP contribution in [-0.4, -0.2) is 67.7 Å². The van der Waals surface area contributed by atoms with Gasteiger partial charge in [0.1, 0.15) is 18.8 Å². The summed E-state index contributed by atoms with van der Waals surface area (Å²) in [4.78, 5) is 12.2. The minimum atomic E-state index is -0.806. The molecule has 1 spiro atoms. The number of hydrogen-bond donors (Lipinski definition) is 1. The first-order valence-electron chi connectivity index (χ1n) is 13.5. The maximum absolute atomic E-state index is 12.2. The number of carbonyl (C=O) groups excluding carboxylic acids is 1. The number of unbranched alkanes of at least 4 members (excludes halogenated alkanes) is 10. The topological polar surface area (TPSA) is 83.5 Å². The molecule has 3 heterocycles. The van der Waals surface area contributed by atoms with E-state index in [4.69, 9.17) is 23.7 Å². The Morgan fingerprint density at radius 3 is 2.18 bits per heavy atom. The third kappa shape index (κ3) is 8.46. The highest BCUT2D eigenvalue weighted by molar-refractivity contribution is 5.69. The molecule has 4 atom stereocenters. The summed E-state index contributed by atoms with van der Waals surface area (Å²) >= 11 is 0. The molecule has 0 aromatic heterocycles. The summed E-state index contributed by atoms with van der Waals surface area (Å²) in [6.07, 6.45) is 15.3. The van der Waals surface area contributed by atoms with Gasteiger partial charge in [-0.25, -0.2) is 0 Å². The van der Waals surface area contributed by atoms with Crippen molar-refractivity contribution in [3.8, 4) is 0 Å². The van der Waals surface area contributed by atoms with Gasteiger partial charge in [0, 0.05) is 6.42 Å². The summed E-state index contributed by atoms with van der Waals surface area (Å²) in [5.41, 5.74) is 0. The van der Waals surface area contributed by atoms with Gasteiger partial charge in [-0.15, -0.1) is 0 Å². The largest absolute Gasteiger partial charge is 0.457 e. The molecule has 0 aromatic rings. The normalized spacial score (nSPS) is 26.7. The van der Waals surface area contributed by atoms with Gasteiger partial charge in [0.25, 0.3) is 0 Å². The van der Waals surface area contributed by atoms with Crippen molar-refractivity contribution in [3.63, 3.8) is 0 Å². The fraction of sp³-hybridized carbons (Fsp3) is 0.962. The molecule has 1 unspecified atom stereocenters. The zero-order valence-corrected chi connectivity index (χ0v) is 20.6. The molecule has 33 heavy (non-hydrogen) atoms. The third-order valence-corrected chi connectivity index (χ3v) is 7.13. The summed E-state index contributed by atoms with van der Waals surface area (Å²) in [7, 11) is 0. The van der Waals surface area contributed by atoms with Gasteiger partial charge in [-0.3, -0.25) is 4.79 Å². The van der Waals surface area contributed by atoms with Gasteiger partial charge < -0.3 is 28.8 Å². The first kappa shape index (κ1) is 26.9. The Kier molecular flexibility index (Phi) is 11.9. The van der Waals surface area contributed by atoms with E-state index in [1.165, 1.54) is 44.9 Å². The lowest BCUT2D eigenvalue weighted by Gasteiger charge is -2.25. The lowest BCUT2D eigenvalue weighted by molar-refractivity contribution is -0.207. The SMILES string of the molecule is CCCCCCC(O)CCCCCCCCCCC(=O)O[C@@H]1CO[C@H]2[C@@H]1OCC21OCCO1. The van der Waals surface area contributed by atoms with E-state index in [0.29, 0.717) is 32.8 Å². The number of carbonyl (C=O) groups is 1. The summed E-state index contributed by atoms with van der Waals surface area (Å²) in [6.45, 7) is 3.97. The second kappa shape index (κ2) is 14.6. The van der Waals surface area contributed by atoms with E-state index in [1.807, 2.05) is 0 Å². The lowest BCUT2D eigenvalue weighted by Crippen LogP contribution is -2.45. The van der Waals surface area contributed by atoms with Gasteiger partial charge in [0.15, 0.2) is 6.10 Å². The zero-order valence-electron chi connectivity index (χ0n) is 20.6. The number of hydrogen-bond acceptors (Lipinski definition) is 7. The van der Waals surface area contributed by atoms with Gasteiger partial charge in [-0.1, -0.05) is 77.6 Å². The van der Waals surface area contributed by atoms with Crippen molar-refractivity contribution in [1.29, 1.82) is 0 Å². The molecule has 3 aliphatic rings. The van der Waals surface area contributed by atoms with Crippen molar-refractivity contribution in [3.05, 3.63) is 0 Å². The monoisotopic (exact) mass is 470 g/mol. The third-order valence-electron chi connectivity index (χ3n) is 7.13. The second-order valence-corrected chi connectivity index (χ2v) is 9.94. The van der Waals surface area contributed by atoms with Crippen molar-refractivity contribution in [1.82, 2.24) is 0 Å². The molecule has 3 rings (SSSR count). The number of esters is 1. The van der Waals surface area contributed by atoms with Crippen LogP contribution in [0.5, 0.6) is 0 Å². The Morgan fingerprint density at radius 1 is 0.909 bits per heavy atom. The van der Waals surface area contributed by atoms with Gasteiger partial charge in [0.05, 0.1) is 25.9 Å². The molecule has 3 aliphatic heterocycles. The number of ether oxygens (including phenoxy) is 5. The standard InChI is InChI=1S/C26H46O7/c1-2-3-4-11-14-21(27)15-12-9-7-5-6-8-10-13-16-23(28)33-22-19-29-25-24(22)30-20-26(25)31-17-18-32-26/h21-22,24-25,27H,2-20H2,1H3/t21?,22-,24-,25+/m1/s1. The quantitative estimate of drug-likeness (QED) is 0.244. The highest BCUT2D eigenvalue weighted by Crippen LogP contribution is 2.40. The fourth-order valence-electron chi connectivity index (χ4n) is 5.16. The molecule has 0 aromatic carbocycles. The Bertz CT molecular complexity index is 549. The van der Waals surface area contributed by atoms with Crippen LogP contribution in [0.15, 0.2) is 0 Å². The molecule has 3 saturated heterocycles. The van der Waals surface area contributed by atoms with E-state index in [0.717, 1.165) is 44.9 Å². The molecular formula is C26H46O7. The number of fused-ring (bicyclic) bond motifs is 2. The molecule has 7 heteroatoms.